The molecule has 1 saturated heterocycles. The van der Waals surface area contributed by atoms with Crippen LogP contribution in [0.5, 0.6) is 0 Å². The summed E-state index contributed by atoms with van der Waals surface area (Å²) >= 11 is 1.98. The van der Waals surface area contributed by atoms with Crippen LogP contribution in [-0.4, -0.2) is 48.6 Å². The first-order chi connectivity index (χ1) is 8.35. The quantitative estimate of drug-likeness (QED) is 0.762. The zero-order valence-corrected chi connectivity index (χ0v) is 12.2. The number of hydrogen-bond donors (Lipinski definition) is 1. The number of nitrogens with zero attached hydrogens (tertiary/aromatic N) is 1. The van der Waals surface area contributed by atoms with Gasteiger partial charge in [-0.05, 0) is 63.7 Å². The summed E-state index contributed by atoms with van der Waals surface area (Å²) in [7, 11) is 0. The Morgan fingerprint density at radius 1 is 1.18 bits per heavy atom. The van der Waals surface area contributed by atoms with Crippen molar-refractivity contribution >= 4 is 11.8 Å². The largest absolute Gasteiger partial charge is 0.310 e. The van der Waals surface area contributed by atoms with Gasteiger partial charge in [-0.25, -0.2) is 0 Å². The van der Waals surface area contributed by atoms with Crippen LogP contribution in [-0.2, 0) is 0 Å². The Kier molecular flexibility index (Phi) is 5.64. The van der Waals surface area contributed by atoms with Crippen LogP contribution in [0.2, 0.25) is 0 Å². The molecule has 1 spiro atoms. The second kappa shape index (κ2) is 7.01. The van der Waals surface area contributed by atoms with E-state index in [1.165, 1.54) is 76.9 Å². The molecule has 0 radical (unpaired) electrons. The average Bonchev–Trinajstić information content (AvgIpc) is 2.68. The SMILES string of the molecule is CSCCCCN1CCCNC2(CCCC2)C1. The predicted molar refractivity (Wildman–Crippen MR) is 77.9 cm³/mol. The van der Waals surface area contributed by atoms with Crippen LogP contribution < -0.4 is 5.32 Å². The standard InChI is InChI=1S/C14H28N2S/c1-17-12-5-4-10-16-11-6-9-15-14(13-16)7-2-3-8-14/h15H,2-13H2,1H3. The molecule has 2 nitrogen and oxygen atoms in total. The molecule has 1 saturated carbocycles. The van der Waals surface area contributed by atoms with Gasteiger partial charge in [0.25, 0.3) is 0 Å². The van der Waals surface area contributed by atoms with Gasteiger partial charge in [0.05, 0.1) is 0 Å². The minimum atomic E-state index is 0.496. The lowest BCUT2D eigenvalue weighted by molar-refractivity contribution is 0.208. The van der Waals surface area contributed by atoms with Gasteiger partial charge < -0.3 is 10.2 Å². The van der Waals surface area contributed by atoms with Gasteiger partial charge >= 0.3 is 0 Å². The molecule has 2 rings (SSSR count). The number of thioether (sulfide) groups is 1. The molecule has 2 aliphatic rings. The third kappa shape index (κ3) is 4.15. The molecule has 0 atom stereocenters. The zero-order chi connectivity index (χ0) is 12.0. The van der Waals surface area contributed by atoms with Crippen LogP contribution in [0.25, 0.3) is 0 Å². The average molecular weight is 256 g/mol. The third-order valence-electron chi connectivity index (χ3n) is 4.31. The summed E-state index contributed by atoms with van der Waals surface area (Å²) in [5, 5.41) is 3.84. The molecule has 1 aliphatic carbocycles. The molecular weight excluding hydrogens is 228 g/mol. The van der Waals surface area contributed by atoms with E-state index in [1.807, 2.05) is 11.8 Å². The van der Waals surface area contributed by atoms with Crippen molar-refractivity contribution in [2.24, 2.45) is 0 Å². The van der Waals surface area contributed by atoms with Crippen molar-refractivity contribution in [3.8, 4) is 0 Å². The first kappa shape index (κ1) is 13.7. The summed E-state index contributed by atoms with van der Waals surface area (Å²) in [4.78, 5) is 2.73. The Morgan fingerprint density at radius 3 is 2.76 bits per heavy atom. The molecule has 0 bridgehead atoms. The second-order valence-corrected chi connectivity index (χ2v) is 6.73. The third-order valence-corrected chi connectivity index (χ3v) is 5.01. The first-order valence-electron chi connectivity index (χ1n) is 7.31. The van der Waals surface area contributed by atoms with Gasteiger partial charge in [-0.1, -0.05) is 12.8 Å². The van der Waals surface area contributed by atoms with Crippen molar-refractivity contribution in [1.29, 1.82) is 0 Å². The molecule has 2 fully saturated rings. The number of hydrogen-bond acceptors (Lipinski definition) is 3. The topological polar surface area (TPSA) is 15.3 Å². The lowest BCUT2D eigenvalue weighted by Crippen LogP contribution is -2.49. The maximum absolute atomic E-state index is 3.84. The van der Waals surface area contributed by atoms with Crippen molar-refractivity contribution in [2.45, 2.75) is 50.5 Å². The van der Waals surface area contributed by atoms with E-state index in [-0.39, 0.29) is 0 Å². The van der Waals surface area contributed by atoms with Crippen LogP contribution in [0.4, 0.5) is 0 Å². The van der Waals surface area contributed by atoms with E-state index >= 15 is 0 Å². The highest BCUT2D eigenvalue weighted by atomic mass is 32.2. The molecular formula is C14H28N2S. The summed E-state index contributed by atoms with van der Waals surface area (Å²) < 4.78 is 0. The minimum Gasteiger partial charge on any atom is -0.310 e. The molecule has 0 unspecified atom stereocenters. The monoisotopic (exact) mass is 256 g/mol. The van der Waals surface area contributed by atoms with Gasteiger partial charge in [0.1, 0.15) is 0 Å². The fourth-order valence-corrected chi connectivity index (χ4v) is 3.87. The Balaban J connectivity index is 1.76. The van der Waals surface area contributed by atoms with E-state index < -0.39 is 0 Å². The number of rotatable bonds is 5. The van der Waals surface area contributed by atoms with E-state index in [0.29, 0.717) is 5.54 Å². The van der Waals surface area contributed by atoms with Gasteiger partial charge in [0.15, 0.2) is 0 Å². The van der Waals surface area contributed by atoms with Gasteiger partial charge in [0.2, 0.25) is 0 Å². The Morgan fingerprint density at radius 2 is 2.00 bits per heavy atom. The molecule has 0 aromatic carbocycles. The Hall–Kier alpha value is 0.270. The van der Waals surface area contributed by atoms with E-state index in [9.17, 15) is 0 Å². The highest BCUT2D eigenvalue weighted by molar-refractivity contribution is 7.98. The molecule has 0 aromatic rings. The maximum Gasteiger partial charge on any atom is 0.0308 e. The molecule has 1 heterocycles. The molecule has 100 valence electrons. The van der Waals surface area contributed by atoms with Crippen molar-refractivity contribution < 1.29 is 0 Å². The zero-order valence-electron chi connectivity index (χ0n) is 11.3. The van der Waals surface area contributed by atoms with E-state index in [2.05, 4.69) is 16.5 Å². The summed E-state index contributed by atoms with van der Waals surface area (Å²) in [6.07, 6.45) is 12.0. The molecule has 1 N–H and O–H groups in total. The normalized spacial score (nSPS) is 25.2. The van der Waals surface area contributed by atoms with E-state index in [1.54, 1.807) is 0 Å². The molecule has 3 heteroatoms. The van der Waals surface area contributed by atoms with Gasteiger partial charge in [-0.2, -0.15) is 11.8 Å². The second-order valence-electron chi connectivity index (χ2n) is 5.74. The van der Waals surface area contributed by atoms with E-state index in [4.69, 9.17) is 0 Å². The van der Waals surface area contributed by atoms with Crippen LogP contribution in [0.15, 0.2) is 0 Å². The molecule has 1 aliphatic heterocycles. The fraction of sp³-hybridized carbons (Fsp3) is 1.00. The Labute approximate surface area is 111 Å². The predicted octanol–water partition coefficient (Wildman–Crippen LogP) is 2.74. The van der Waals surface area contributed by atoms with Crippen molar-refractivity contribution in [2.75, 3.05) is 38.2 Å². The van der Waals surface area contributed by atoms with Gasteiger partial charge in [0, 0.05) is 12.1 Å². The first-order valence-corrected chi connectivity index (χ1v) is 8.70. The molecule has 0 amide bonds. The minimum absolute atomic E-state index is 0.496. The van der Waals surface area contributed by atoms with Crippen LogP contribution in [0, 0.1) is 0 Å². The fourth-order valence-electron chi connectivity index (χ4n) is 3.38. The van der Waals surface area contributed by atoms with Gasteiger partial charge in [-0.15, -0.1) is 0 Å². The highest BCUT2D eigenvalue weighted by Crippen LogP contribution is 2.31. The van der Waals surface area contributed by atoms with Crippen molar-refractivity contribution in [3.63, 3.8) is 0 Å². The van der Waals surface area contributed by atoms with Crippen LogP contribution >= 0.6 is 11.8 Å². The van der Waals surface area contributed by atoms with Crippen LogP contribution in [0.1, 0.15) is 44.9 Å². The number of unbranched alkanes of at least 4 members (excludes halogenated alkanes) is 1. The summed E-state index contributed by atoms with van der Waals surface area (Å²) in [5.74, 6) is 1.33. The summed E-state index contributed by atoms with van der Waals surface area (Å²) in [6.45, 7) is 5.19. The Bertz CT molecular complexity index is 214. The van der Waals surface area contributed by atoms with Crippen molar-refractivity contribution in [3.05, 3.63) is 0 Å². The maximum atomic E-state index is 3.84. The van der Waals surface area contributed by atoms with Crippen molar-refractivity contribution in [1.82, 2.24) is 10.2 Å². The summed E-state index contributed by atoms with van der Waals surface area (Å²) in [6, 6.07) is 0. The van der Waals surface area contributed by atoms with Gasteiger partial charge in [-0.3, -0.25) is 0 Å². The lowest BCUT2D eigenvalue weighted by atomic mass is 9.97. The molecule has 0 aromatic heterocycles. The highest BCUT2D eigenvalue weighted by Gasteiger charge is 2.35. The molecule has 17 heavy (non-hydrogen) atoms. The van der Waals surface area contributed by atoms with Crippen LogP contribution in [0.3, 0.4) is 0 Å². The summed E-state index contributed by atoms with van der Waals surface area (Å²) in [5.41, 5.74) is 0.496. The number of nitrogens with one attached hydrogen (secondary N) is 1. The smallest absolute Gasteiger partial charge is 0.0308 e. The lowest BCUT2D eigenvalue weighted by Gasteiger charge is -2.33. The van der Waals surface area contributed by atoms with E-state index in [0.717, 1.165) is 0 Å².